The van der Waals surface area contributed by atoms with Crippen LogP contribution in [-0.4, -0.2) is 171 Å². The Balaban J connectivity index is 3.03. The van der Waals surface area contributed by atoms with E-state index < -0.39 is 6.67 Å². The van der Waals surface area contributed by atoms with E-state index in [1.165, 1.54) is 12.8 Å². The van der Waals surface area contributed by atoms with Crippen molar-refractivity contribution in [2.45, 2.75) is 25.7 Å². The van der Waals surface area contributed by atoms with Crippen molar-refractivity contribution in [3.8, 4) is 0 Å². The number of alkyl halides is 2. The van der Waals surface area contributed by atoms with Gasteiger partial charge in [0.15, 0.2) is 0 Å². The summed E-state index contributed by atoms with van der Waals surface area (Å²) in [6.45, 7) is 11.6. The predicted molar refractivity (Wildman–Crippen MR) is 165 cm³/mol. The van der Waals surface area contributed by atoms with Gasteiger partial charge in [-0.25, -0.2) is 4.39 Å². The van der Waals surface area contributed by atoms with E-state index in [1.807, 2.05) is 0 Å². The van der Waals surface area contributed by atoms with Gasteiger partial charge in [0, 0.05) is 12.5 Å². The fourth-order valence-electron chi connectivity index (χ4n) is 3.23. The van der Waals surface area contributed by atoms with Crippen LogP contribution in [0.1, 0.15) is 25.7 Å². The second kappa shape index (κ2) is 42.7. The highest BCUT2D eigenvalue weighted by Crippen LogP contribution is 2.01. The van der Waals surface area contributed by atoms with E-state index >= 15 is 0 Å². The summed E-state index contributed by atoms with van der Waals surface area (Å²) >= 11 is 5.65. The molecular weight excluding hydrogens is 607 g/mol. The van der Waals surface area contributed by atoms with Gasteiger partial charge in [-0.2, -0.15) is 0 Å². The molecule has 0 fully saturated rings. The summed E-state index contributed by atoms with van der Waals surface area (Å²) in [4.78, 5) is 0. The fraction of sp³-hybridized carbons (Fsp3) is 1.00. The molecule has 12 nitrogen and oxygen atoms in total. The Morgan fingerprint density at radius 1 is 0.250 bits per heavy atom. The zero-order chi connectivity index (χ0) is 31.7. The molecule has 0 aromatic carbocycles. The molecule has 0 saturated heterocycles. The van der Waals surface area contributed by atoms with Crippen LogP contribution >= 0.6 is 11.6 Å². The summed E-state index contributed by atoms with van der Waals surface area (Å²) in [5.41, 5.74) is 0. The summed E-state index contributed by atoms with van der Waals surface area (Å²) in [6, 6.07) is 0. The lowest BCUT2D eigenvalue weighted by Crippen LogP contribution is -2.15. The van der Waals surface area contributed by atoms with Gasteiger partial charge in [-0.3, -0.25) is 0 Å². The van der Waals surface area contributed by atoms with E-state index in [2.05, 4.69) is 0 Å². The van der Waals surface area contributed by atoms with E-state index in [1.54, 1.807) is 0 Å². The highest BCUT2D eigenvalue weighted by atomic mass is 35.5. The van der Waals surface area contributed by atoms with Crippen LogP contribution in [-0.2, 0) is 56.8 Å². The molecule has 0 aromatic rings. The van der Waals surface area contributed by atoms with Crippen LogP contribution in [0.25, 0.3) is 0 Å². The SMILES string of the molecule is FCCOCCOCCOCCOCCOCCOCCOCCOCCOCCOCCOCCOCCCCCCCl. The molecule has 44 heavy (non-hydrogen) atoms. The van der Waals surface area contributed by atoms with Crippen molar-refractivity contribution in [2.75, 3.05) is 171 Å². The second-order valence-corrected chi connectivity index (χ2v) is 9.52. The van der Waals surface area contributed by atoms with Gasteiger partial charge in [-0.15, -0.1) is 11.6 Å². The Kier molecular flexibility index (Phi) is 42.5. The van der Waals surface area contributed by atoms with Crippen molar-refractivity contribution in [1.29, 1.82) is 0 Å². The van der Waals surface area contributed by atoms with Crippen LogP contribution in [0.5, 0.6) is 0 Å². The third kappa shape index (κ3) is 41.7. The van der Waals surface area contributed by atoms with Crippen LogP contribution < -0.4 is 0 Å². The van der Waals surface area contributed by atoms with Crippen molar-refractivity contribution < 1.29 is 61.2 Å². The van der Waals surface area contributed by atoms with E-state index in [0.29, 0.717) is 145 Å². The first-order chi connectivity index (χ1) is 21.9. The van der Waals surface area contributed by atoms with Crippen molar-refractivity contribution in [2.24, 2.45) is 0 Å². The number of halogens is 2. The Labute approximate surface area is 269 Å². The second-order valence-electron chi connectivity index (χ2n) is 9.14. The molecule has 0 amide bonds. The van der Waals surface area contributed by atoms with Gasteiger partial charge >= 0.3 is 0 Å². The van der Waals surface area contributed by atoms with Crippen molar-refractivity contribution in [3.63, 3.8) is 0 Å². The summed E-state index contributed by atoms with van der Waals surface area (Å²) in [5, 5.41) is 0. The molecule has 0 N–H and O–H groups in total. The number of ether oxygens (including phenoxy) is 12. The molecule has 0 unspecified atom stereocenters. The Bertz CT molecular complexity index is 461. The number of unbranched alkanes of at least 4 members (excludes halogenated alkanes) is 3. The lowest BCUT2D eigenvalue weighted by molar-refractivity contribution is -0.0284. The minimum absolute atomic E-state index is 0.114. The quantitative estimate of drug-likeness (QED) is 0.0707. The van der Waals surface area contributed by atoms with Gasteiger partial charge < -0.3 is 56.8 Å². The third-order valence-electron chi connectivity index (χ3n) is 5.49. The standard InChI is InChI=1S/C30H60ClFO12/c31-5-3-1-2-4-7-33-9-11-35-13-15-37-17-19-39-21-23-41-25-27-43-29-30-44-28-26-42-24-22-40-20-18-38-16-14-36-12-10-34-8-6-32/h1-30H2. The molecule has 0 aliphatic carbocycles. The first-order valence-electron chi connectivity index (χ1n) is 16.0. The molecule has 0 aromatic heterocycles. The Morgan fingerprint density at radius 3 is 0.682 bits per heavy atom. The maximum Gasteiger partial charge on any atom is 0.113 e. The largest absolute Gasteiger partial charge is 0.379 e. The molecule has 0 aliphatic rings. The monoisotopic (exact) mass is 666 g/mol. The van der Waals surface area contributed by atoms with E-state index in [4.69, 9.17) is 68.4 Å². The number of hydrogen-bond donors (Lipinski definition) is 0. The van der Waals surface area contributed by atoms with Gasteiger partial charge in [-0.05, 0) is 12.8 Å². The lowest BCUT2D eigenvalue weighted by Gasteiger charge is -2.09. The van der Waals surface area contributed by atoms with Gasteiger partial charge in [-0.1, -0.05) is 12.8 Å². The third-order valence-corrected chi connectivity index (χ3v) is 5.75. The lowest BCUT2D eigenvalue weighted by atomic mass is 10.2. The van der Waals surface area contributed by atoms with Crippen LogP contribution in [0.4, 0.5) is 4.39 Å². The van der Waals surface area contributed by atoms with Crippen molar-refractivity contribution in [1.82, 2.24) is 0 Å². The van der Waals surface area contributed by atoms with E-state index in [0.717, 1.165) is 25.3 Å². The molecule has 0 spiro atoms. The van der Waals surface area contributed by atoms with Crippen molar-refractivity contribution >= 4 is 11.6 Å². The van der Waals surface area contributed by atoms with Gasteiger partial charge in [0.2, 0.25) is 0 Å². The maximum atomic E-state index is 11.8. The highest BCUT2D eigenvalue weighted by Gasteiger charge is 1.97. The summed E-state index contributed by atoms with van der Waals surface area (Å²) in [6.07, 6.45) is 4.49. The van der Waals surface area contributed by atoms with Gasteiger partial charge in [0.1, 0.15) is 6.67 Å². The van der Waals surface area contributed by atoms with Crippen LogP contribution in [0, 0.1) is 0 Å². The average molecular weight is 667 g/mol. The predicted octanol–water partition coefficient (Wildman–Crippen LogP) is 2.95. The van der Waals surface area contributed by atoms with Crippen LogP contribution in [0.2, 0.25) is 0 Å². The number of rotatable bonds is 41. The first-order valence-corrected chi connectivity index (χ1v) is 16.5. The van der Waals surface area contributed by atoms with Crippen LogP contribution in [0.15, 0.2) is 0 Å². The van der Waals surface area contributed by atoms with Crippen LogP contribution in [0.3, 0.4) is 0 Å². The Hall–Kier alpha value is -0.260. The first kappa shape index (κ1) is 43.7. The Morgan fingerprint density at radius 2 is 0.455 bits per heavy atom. The minimum atomic E-state index is -0.474. The zero-order valence-electron chi connectivity index (χ0n) is 26.9. The van der Waals surface area contributed by atoms with Gasteiger partial charge in [0.25, 0.3) is 0 Å². The smallest absolute Gasteiger partial charge is 0.113 e. The normalized spacial score (nSPS) is 11.6. The van der Waals surface area contributed by atoms with Crippen molar-refractivity contribution in [3.05, 3.63) is 0 Å². The molecule has 266 valence electrons. The van der Waals surface area contributed by atoms with Gasteiger partial charge in [0.05, 0.1) is 152 Å². The zero-order valence-corrected chi connectivity index (χ0v) is 27.6. The topological polar surface area (TPSA) is 111 Å². The summed E-state index contributed by atoms with van der Waals surface area (Å²) in [5.74, 6) is 0.741. The van der Waals surface area contributed by atoms with E-state index in [-0.39, 0.29) is 6.61 Å². The molecule has 0 aliphatic heterocycles. The molecule has 0 atom stereocenters. The fourth-order valence-corrected chi connectivity index (χ4v) is 3.42. The molecule has 0 bridgehead atoms. The molecule has 14 heteroatoms. The summed E-state index contributed by atoms with van der Waals surface area (Å²) < 4.78 is 76.7. The average Bonchev–Trinajstić information content (AvgIpc) is 3.04. The van der Waals surface area contributed by atoms with E-state index in [9.17, 15) is 4.39 Å². The molecular formula is C30H60ClFO12. The molecule has 0 saturated carbocycles. The minimum Gasteiger partial charge on any atom is -0.379 e. The summed E-state index contributed by atoms with van der Waals surface area (Å²) in [7, 11) is 0. The maximum absolute atomic E-state index is 11.8. The molecule has 0 rings (SSSR count). The highest BCUT2D eigenvalue weighted by molar-refractivity contribution is 6.17. The molecule has 0 radical (unpaired) electrons. The molecule has 0 heterocycles. The number of hydrogen-bond acceptors (Lipinski definition) is 12.